The van der Waals surface area contributed by atoms with Gasteiger partial charge in [-0.25, -0.2) is 4.39 Å². The third-order valence-electron chi connectivity index (χ3n) is 8.54. The molecule has 4 N–H and O–H groups in total. The van der Waals surface area contributed by atoms with Gasteiger partial charge in [-0.1, -0.05) is 6.42 Å². The van der Waals surface area contributed by atoms with Crippen LogP contribution >= 0.6 is 0 Å². The number of ketones is 1. The Hall–Kier alpha value is -2.62. The van der Waals surface area contributed by atoms with Gasteiger partial charge in [0.05, 0.1) is 25.4 Å². The van der Waals surface area contributed by atoms with E-state index >= 15 is 0 Å². The van der Waals surface area contributed by atoms with E-state index in [2.05, 4.69) is 0 Å². The monoisotopic (exact) mass is 558 g/mol. The molecule has 220 valence electrons. The van der Waals surface area contributed by atoms with E-state index in [0.717, 1.165) is 80.4 Å². The number of hydrogen-bond donors (Lipinski definition) is 3. The number of halogens is 1. The van der Waals surface area contributed by atoms with Crippen LogP contribution in [0.15, 0.2) is 29.5 Å². The molecule has 40 heavy (non-hydrogen) atoms. The fourth-order valence-electron chi connectivity index (χ4n) is 6.08. The predicted molar refractivity (Wildman–Crippen MR) is 150 cm³/mol. The number of nitrogens with zero attached hydrogens (tertiary/aromatic N) is 1. The first-order valence-corrected chi connectivity index (χ1v) is 14.9. The molecule has 2 aliphatic carbocycles. The molecule has 8 nitrogen and oxygen atoms in total. The number of hydrogen-bond acceptors (Lipinski definition) is 6. The van der Waals surface area contributed by atoms with Crippen molar-refractivity contribution in [2.24, 2.45) is 5.92 Å². The van der Waals surface area contributed by atoms with E-state index in [1.54, 1.807) is 11.0 Å². The van der Waals surface area contributed by atoms with E-state index in [4.69, 9.17) is 14.9 Å². The zero-order chi connectivity index (χ0) is 28.5. The van der Waals surface area contributed by atoms with Crippen LogP contribution in [0.2, 0.25) is 0 Å². The molecular weight excluding hydrogens is 513 g/mol. The molecule has 1 saturated heterocycles. The number of aryl methyl sites for hydroxylation is 1. The minimum atomic E-state index is -0.404. The Labute approximate surface area is 236 Å². The standard InChI is InChI=1S/C31H44FN3O5/c1-21-17-23(32)10-14-29(21)40-25-12-8-22(9-13-25)7-11-24(37)18-34-28-6-4-2-3-5-27(28)30(33)31(38)35-15-16-39-26(19-35)20-36/h10,14,17,22,25-26,33-34,36H,2-9,11-13,15-16,18-20H2,1H3/p+1/t22?,25?,26-/m1/s1. The first kappa shape index (κ1) is 30.3. The highest BCUT2D eigenvalue weighted by atomic mass is 19.1. The predicted octanol–water partition coefficient (Wildman–Crippen LogP) is 3.44. The van der Waals surface area contributed by atoms with Gasteiger partial charge in [0.1, 0.15) is 29.5 Å². The minimum Gasteiger partial charge on any atom is -0.490 e. The second kappa shape index (κ2) is 14.8. The fourth-order valence-corrected chi connectivity index (χ4v) is 6.08. The number of morpholine rings is 1. The van der Waals surface area contributed by atoms with Crippen LogP contribution in [0.4, 0.5) is 4.39 Å². The number of amides is 1. The highest BCUT2D eigenvalue weighted by Gasteiger charge is 2.30. The van der Waals surface area contributed by atoms with Gasteiger partial charge < -0.3 is 24.8 Å². The molecule has 1 atom stereocenters. The Morgan fingerprint density at radius 1 is 1.18 bits per heavy atom. The number of quaternary nitrogens is 1. The molecule has 9 heteroatoms. The van der Waals surface area contributed by atoms with E-state index in [1.165, 1.54) is 12.1 Å². The van der Waals surface area contributed by atoms with Gasteiger partial charge in [-0.05, 0) is 88.0 Å². The van der Waals surface area contributed by atoms with Gasteiger partial charge in [-0.2, -0.15) is 0 Å². The zero-order valence-electron chi connectivity index (χ0n) is 23.8. The van der Waals surface area contributed by atoms with Gasteiger partial charge in [0.25, 0.3) is 5.91 Å². The molecule has 0 aromatic heterocycles. The van der Waals surface area contributed by atoms with Crippen molar-refractivity contribution in [3.63, 3.8) is 0 Å². The van der Waals surface area contributed by atoms with Crippen LogP contribution in [0.1, 0.15) is 76.2 Å². The molecule has 4 rings (SSSR count). The number of nitrogens with two attached hydrogens (primary N) is 1. The van der Waals surface area contributed by atoms with E-state index in [9.17, 15) is 19.1 Å². The maximum absolute atomic E-state index is 13.4. The number of benzene rings is 1. The maximum atomic E-state index is 13.4. The molecule has 0 unspecified atom stereocenters. The average Bonchev–Trinajstić information content (AvgIpc) is 3.22. The number of aliphatic hydroxyl groups excluding tert-OH is 1. The van der Waals surface area contributed by atoms with Crippen molar-refractivity contribution in [2.45, 2.75) is 89.8 Å². The van der Waals surface area contributed by atoms with Crippen LogP contribution in [0.25, 0.3) is 0 Å². The van der Waals surface area contributed by atoms with Crippen LogP contribution < -0.4 is 10.1 Å². The summed E-state index contributed by atoms with van der Waals surface area (Å²) in [5, 5.41) is 20.1. The van der Waals surface area contributed by atoms with Crippen molar-refractivity contribution < 1.29 is 33.9 Å². The van der Waals surface area contributed by atoms with E-state index in [-0.39, 0.29) is 35.9 Å². The lowest BCUT2D eigenvalue weighted by Crippen LogP contribution is -2.84. The summed E-state index contributed by atoms with van der Waals surface area (Å²) in [6.45, 7) is 3.13. The van der Waals surface area contributed by atoms with Crippen molar-refractivity contribution in [1.29, 1.82) is 5.41 Å². The van der Waals surface area contributed by atoms with Crippen molar-refractivity contribution in [2.75, 3.05) is 32.8 Å². The summed E-state index contributed by atoms with van der Waals surface area (Å²) in [4.78, 5) is 27.6. The molecule has 1 aromatic carbocycles. The number of allylic oxidation sites excluding steroid dienone is 1. The lowest BCUT2D eigenvalue weighted by atomic mass is 9.84. The molecule has 3 aliphatic rings. The van der Waals surface area contributed by atoms with Gasteiger partial charge in [-0.3, -0.25) is 15.0 Å². The summed E-state index contributed by atoms with van der Waals surface area (Å²) in [5.74, 6) is 0.890. The fraction of sp³-hybridized carbons (Fsp3) is 0.645. The smallest absolute Gasteiger partial charge is 0.272 e. The second-order valence-electron chi connectivity index (χ2n) is 11.5. The van der Waals surface area contributed by atoms with Crippen LogP contribution in [0.3, 0.4) is 0 Å². The van der Waals surface area contributed by atoms with Gasteiger partial charge in [-0.15, -0.1) is 0 Å². The molecule has 1 aromatic rings. The van der Waals surface area contributed by atoms with Crippen molar-refractivity contribution in [3.8, 4) is 5.75 Å². The lowest BCUT2D eigenvalue weighted by Gasteiger charge is -2.32. The maximum Gasteiger partial charge on any atom is 0.272 e. The average molecular weight is 559 g/mol. The van der Waals surface area contributed by atoms with Crippen molar-refractivity contribution in [3.05, 3.63) is 40.8 Å². The Balaban J connectivity index is 1.23. The molecular formula is C31H45FN3O5+. The number of Topliss-reactive ketones (excluding diaryl/α,β-unsaturated/α-hetero) is 1. The SMILES string of the molecule is Cc1cc(F)ccc1OC1CCC(CCC(=O)C[NH2+]C2=C(C(=N)C(=O)N3CCO[C@@H](CO)C3)CCCCC2)CC1. The number of nitrogens with one attached hydrogen (secondary N) is 1. The number of ether oxygens (including phenoxy) is 2. The number of carbonyl (C=O) groups excluding carboxylic acids is 2. The Bertz CT molecular complexity index is 1080. The topological polar surface area (TPSA) is 117 Å². The van der Waals surface area contributed by atoms with Crippen LogP contribution in [0, 0.1) is 24.1 Å². The molecule has 0 radical (unpaired) electrons. The summed E-state index contributed by atoms with van der Waals surface area (Å²) in [6, 6.07) is 4.63. The molecule has 0 spiro atoms. The summed E-state index contributed by atoms with van der Waals surface area (Å²) >= 11 is 0. The van der Waals surface area contributed by atoms with E-state index in [0.29, 0.717) is 45.0 Å². The van der Waals surface area contributed by atoms with E-state index < -0.39 is 6.10 Å². The molecule has 1 amide bonds. The van der Waals surface area contributed by atoms with Gasteiger partial charge in [0.2, 0.25) is 0 Å². The van der Waals surface area contributed by atoms with Crippen LogP contribution in [0.5, 0.6) is 5.75 Å². The third kappa shape index (κ3) is 8.44. The lowest BCUT2D eigenvalue weighted by molar-refractivity contribution is -0.597. The first-order valence-electron chi connectivity index (χ1n) is 14.9. The Morgan fingerprint density at radius 3 is 2.70 bits per heavy atom. The molecule has 0 bridgehead atoms. The van der Waals surface area contributed by atoms with E-state index in [1.807, 2.05) is 12.2 Å². The minimum absolute atomic E-state index is 0.0222. The highest BCUT2D eigenvalue weighted by molar-refractivity contribution is 6.44. The molecule has 2 fully saturated rings. The zero-order valence-corrected chi connectivity index (χ0v) is 23.8. The number of aliphatic hydroxyl groups is 1. The largest absolute Gasteiger partial charge is 0.490 e. The van der Waals surface area contributed by atoms with Gasteiger partial charge in [0, 0.05) is 31.5 Å². The highest BCUT2D eigenvalue weighted by Crippen LogP contribution is 2.31. The summed E-state index contributed by atoms with van der Waals surface area (Å²) in [5.41, 5.74) is 2.59. The summed E-state index contributed by atoms with van der Waals surface area (Å²) in [7, 11) is 0. The molecule has 1 heterocycles. The Kier molecular flexibility index (Phi) is 11.3. The normalized spacial score (nSPS) is 24.0. The quantitative estimate of drug-likeness (QED) is 0.360. The first-order chi connectivity index (χ1) is 19.3. The van der Waals surface area contributed by atoms with Gasteiger partial charge in [0.15, 0.2) is 5.78 Å². The second-order valence-corrected chi connectivity index (χ2v) is 11.5. The molecule has 1 saturated carbocycles. The third-order valence-corrected chi connectivity index (χ3v) is 8.54. The number of rotatable bonds is 11. The summed E-state index contributed by atoms with van der Waals surface area (Å²) in [6.07, 6.45) is 9.53. The van der Waals surface area contributed by atoms with Crippen LogP contribution in [-0.2, 0) is 14.3 Å². The molecule has 1 aliphatic heterocycles. The van der Waals surface area contributed by atoms with Crippen molar-refractivity contribution >= 4 is 17.4 Å². The van der Waals surface area contributed by atoms with Crippen LogP contribution in [-0.4, -0.2) is 72.5 Å². The van der Waals surface area contributed by atoms with Crippen molar-refractivity contribution in [1.82, 2.24) is 4.90 Å². The number of carbonyl (C=O) groups is 2. The Morgan fingerprint density at radius 2 is 1.95 bits per heavy atom. The summed E-state index contributed by atoms with van der Waals surface area (Å²) < 4.78 is 24.9. The van der Waals surface area contributed by atoms with Gasteiger partial charge >= 0.3 is 0 Å².